The Bertz CT molecular complexity index is 738. The number of halogens is 4. The molecule has 1 aliphatic carbocycles. The summed E-state index contributed by atoms with van der Waals surface area (Å²) in [7, 11) is 0. The molecule has 2 heterocycles. The van der Waals surface area contributed by atoms with Crippen LogP contribution in [0.2, 0.25) is 5.02 Å². The lowest BCUT2D eigenvalue weighted by Crippen LogP contribution is -2.47. The van der Waals surface area contributed by atoms with Crippen LogP contribution in [0.25, 0.3) is 0 Å². The first-order chi connectivity index (χ1) is 12.0. The van der Waals surface area contributed by atoms with E-state index < -0.39 is 11.7 Å². The van der Waals surface area contributed by atoms with Gasteiger partial charge in [0.15, 0.2) is 5.78 Å². The maximum Gasteiger partial charge on any atom is 0.417 e. The van der Waals surface area contributed by atoms with Gasteiger partial charge in [0, 0.05) is 50.6 Å². The van der Waals surface area contributed by atoms with E-state index in [1.165, 1.54) is 0 Å². The summed E-state index contributed by atoms with van der Waals surface area (Å²) in [6.45, 7) is 6.69. The molecule has 0 bridgehead atoms. The standard InChI is InChI=1S/C18H21ClF3N3O/c1-17(2)9-13(8-14(26)10-17)24-3-5-25(6-4-24)16-15(19)7-12(11-23-16)18(20,21)22/h7-8,11H,3-6,9-10H2,1-2H3. The molecule has 142 valence electrons. The predicted molar refractivity (Wildman–Crippen MR) is 94.1 cm³/mol. The largest absolute Gasteiger partial charge is 0.417 e. The second-order valence-corrected chi connectivity index (χ2v) is 8.03. The summed E-state index contributed by atoms with van der Waals surface area (Å²) in [6.07, 6.45) is -0.511. The summed E-state index contributed by atoms with van der Waals surface area (Å²) in [6, 6.07) is 0.918. The molecular weight excluding hydrogens is 367 g/mol. The Morgan fingerprint density at radius 1 is 1.12 bits per heavy atom. The number of alkyl halides is 3. The van der Waals surface area contributed by atoms with Crippen LogP contribution < -0.4 is 4.90 Å². The highest BCUT2D eigenvalue weighted by Gasteiger charge is 2.33. The van der Waals surface area contributed by atoms with Gasteiger partial charge < -0.3 is 9.80 Å². The zero-order valence-electron chi connectivity index (χ0n) is 14.7. The van der Waals surface area contributed by atoms with Crippen molar-refractivity contribution in [1.82, 2.24) is 9.88 Å². The van der Waals surface area contributed by atoms with Crippen LogP contribution >= 0.6 is 11.6 Å². The van der Waals surface area contributed by atoms with E-state index in [1.807, 2.05) is 4.90 Å². The summed E-state index contributed by atoms with van der Waals surface area (Å²) in [4.78, 5) is 19.9. The van der Waals surface area contributed by atoms with E-state index in [4.69, 9.17) is 11.6 Å². The summed E-state index contributed by atoms with van der Waals surface area (Å²) < 4.78 is 38.2. The molecule has 0 unspecified atom stereocenters. The molecule has 0 amide bonds. The minimum absolute atomic E-state index is 0.00136. The highest BCUT2D eigenvalue weighted by molar-refractivity contribution is 6.33. The number of carbonyl (C=O) groups excluding carboxylic acids is 1. The summed E-state index contributed by atoms with van der Waals surface area (Å²) in [5.74, 6) is 0.513. The van der Waals surface area contributed by atoms with Crippen LogP contribution in [0.15, 0.2) is 24.0 Å². The fourth-order valence-electron chi connectivity index (χ4n) is 3.54. The molecule has 8 heteroatoms. The van der Waals surface area contributed by atoms with Gasteiger partial charge in [0.05, 0.1) is 10.6 Å². The van der Waals surface area contributed by atoms with Gasteiger partial charge >= 0.3 is 6.18 Å². The van der Waals surface area contributed by atoms with Gasteiger partial charge in [-0.1, -0.05) is 25.4 Å². The fraction of sp³-hybridized carbons (Fsp3) is 0.556. The molecule has 1 aromatic heterocycles. The molecule has 0 N–H and O–H groups in total. The number of aromatic nitrogens is 1. The number of hydrogen-bond donors (Lipinski definition) is 0. The number of anilines is 1. The predicted octanol–water partition coefficient (Wildman–Crippen LogP) is 4.15. The van der Waals surface area contributed by atoms with Crippen molar-refractivity contribution in [2.24, 2.45) is 5.41 Å². The second kappa shape index (κ2) is 6.76. The van der Waals surface area contributed by atoms with Crippen molar-refractivity contribution in [1.29, 1.82) is 0 Å². The van der Waals surface area contributed by atoms with Crippen LogP contribution in [-0.2, 0) is 11.0 Å². The molecule has 1 saturated heterocycles. The van der Waals surface area contributed by atoms with Crippen LogP contribution in [0.1, 0.15) is 32.3 Å². The van der Waals surface area contributed by atoms with E-state index in [2.05, 4.69) is 23.7 Å². The van der Waals surface area contributed by atoms with Crippen molar-refractivity contribution in [2.45, 2.75) is 32.9 Å². The number of piperazine rings is 1. The van der Waals surface area contributed by atoms with Crippen LogP contribution in [0.3, 0.4) is 0 Å². The third-order valence-electron chi connectivity index (χ3n) is 4.77. The van der Waals surface area contributed by atoms with Crippen LogP contribution in [0.4, 0.5) is 19.0 Å². The Morgan fingerprint density at radius 2 is 1.73 bits per heavy atom. The highest BCUT2D eigenvalue weighted by Crippen LogP contribution is 2.36. The average molecular weight is 388 g/mol. The maximum atomic E-state index is 12.7. The van der Waals surface area contributed by atoms with Crippen LogP contribution in [0, 0.1) is 5.41 Å². The molecule has 3 rings (SSSR count). The van der Waals surface area contributed by atoms with Crippen molar-refractivity contribution >= 4 is 23.2 Å². The molecule has 1 aliphatic heterocycles. The minimum atomic E-state index is -4.46. The van der Waals surface area contributed by atoms with Crippen molar-refractivity contribution in [2.75, 3.05) is 31.1 Å². The third kappa shape index (κ3) is 4.14. The van der Waals surface area contributed by atoms with Crippen molar-refractivity contribution in [3.8, 4) is 0 Å². The number of nitrogens with zero attached hydrogens (tertiary/aromatic N) is 3. The van der Waals surface area contributed by atoms with Gasteiger partial charge in [0.25, 0.3) is 0 Å². The zero-order valence-corrected chi connectivity index (χ0v) is 15.5. The lowest BCUT2D eigenvalue weighted by Gasteiger charge is -2.41. The topological polar surface area (TPSA) is 36.4 Å². The molecule has 1 fully saturated rings. The molecule has 0 atom stereocenters. The molecule has 26 heavy (non-hydrogen) atoms. The average Bonchev–Trinajstić information content (AvgIpc) is 2.52. The summed E-state index contributed by atoms with van der Waals surface area (Å²) in [5, 5.41) is 0.00136. The van der Waals surface area contributed by atoms with E-state index in [-0.39, 0.29) is 16.2 Å². The molecule has 0 saturated carbocycles. The van der Waals surface area contributed by atoms with Crippen molar-refractivity contribution < 1.29 is 18.0 Å². The zero-order chi connectivity index (χ0) is 19.1. The number of hydrogen-bond acceptors (Lipinski definition) is 4. The maximum absolute atomic E-state index is 12.7. The Hall–Kier alpha value is -1.76. The molecule has 2 aliphatic rings. The quantitative estimate of drug-likeness (QED) is 0.764. The Labute approximate surface area is 155 Å². The fourth-order valence-corrected chi connectivity index (χ4v) is 3.83. The van der Waals surface area contributed by atoms with Gasteiger partial charge in [-0.05, 0) is 17.9 Å². The normalized spacial score (nSPS) is 21.0. The Balaban J connectivity index is 1.68. The number of ketones is 1. The second-order valence-electron chi connectivity index (χ2n) is 7.62. The van der Waals surface area contributed by atoms with Gasteiger partial charge in [0.1, 0.15) is 5.82 Å². The number of rotatable bonds is 2. The third-order valence-corrected chi connectivity index (χ3v) is 5.05. The number of allylic oxidation sites excluding steroid dienone is 2. The molecule has 0 spiro atoms. The molecular formula is C18H21ClF3N3O. The van der Waals surface area contributed by atoms with E-state index in [9.17, 15) is 18.0 Å². The van der Waals surface area contributed by atoms with Gasteiger partial charge in [-0.3, -0.25) is 4.79 Å². The van der Waals surface area contributed by atoms with Gasteiger partial charge in [-0.25, -0.2) is 4.98 Å². The summed E-state index contributed by atoms with van der Waals surface area (Å²) >= 11 is 6.04. The lowest BCUT2D eigenvalue weighted by molar-refractivity contribution is -0.137. The van der Waals surface area contributed by atoms with E-state index in [0.29, 0.717) is 38.4 Å². The number of pyridine rings is 1. The first-order valence-corrected chi connectivity index (χ1v) is 8.89. The minimum Gasteiger partial charge on any atom is -0.371 e. The Morgan fingerprint density at radius 3 is 2.27 bits per heavy atom. The first-order valence-electron chi connectivity index (χ1n) is 8.51. The van der Waals surface area contributed by atoms with E-state index >= 15 is 0 Å². The molecule has 1 aromatic rings. The van der Waals surface area contributed by atoms with Crippen molar-refractivity contribution in [3.63, 3.8) is 0 Å². The highest BCUT2D eigenvalue weighted by atomic mass is 35.5. The van der Waals surface area contributed by atoms with Gasteiger partial charge in [-0.2, -0.15) is 13.2 Å². The molecule has 4 nitrogen and oxygen atoms in total. The van der Waals surface area contributed by atoms with Crippen LogP contribution in [-0.4, -0.2) is 41.8 Å². The molecule has 0 aromatic carbocycles. The lowest BCUT2D eigenvalue weighted by atomic mass is 9.78. The Kier molecular flexibility index (Phi) is 4.94. The van der Waals surface area contributed by atoms with E-state index in [1.54, 1.807) is 6.08 Å². The molecule has 0 radical (unpaired) electrons. The van der Waals surface area contributed by atoms with Crippen molar-refractivity contribution in [3.05, 3.63) is 34.6 Å². The van der Waals surface area contributed by atoms with E-state index in [0.717, 1.165) is 24.4 Å². The number of carbonyl (C=O) groups is 1. The first kappa shape index (κ1) is 19.0. The van der Waals surface area contributed by atoms with Gasteiger partial charge in [0.2, 0.25) is 0 Å². The van der Waals surface area contributed by atoms with Gasteiger partial charge in [-0.15, -0.1) is 0 Å². The summed E-state index contributed by atoms with van der Waals surface area (Å²) in [5.41, 5.74) is 0.145. The van der Waals surface area contributed by atoms with Crippen LogP contribution in [0.5, 0.6) is 0 Å². The monoisotopic (exact) mass is 387 g/mol. The smallest absolute Gasteiger partial charge is 0.371 e. The SMILES string of the molecule is CC1(C)CC(=O)C=C(N2CCN(c3ncc(C(F)(F)F)cc3Cl)CC2)C1.